The van der Waals surface area contributed by atoms with Crippen molar-refractivity contribution in [3.8, 4) is 11.1 Å². The first-order valence-corrected chi connectivity index (χ1v) is 9.57. The number of aromatic nitrogens is 4. The van der Waals surface area contributed by atoms with Gasteiger partial charge in [-0.05, 0) is 23.8 Å². The Bertz CT molecular complexity index is 1220. The van der Waals surface area contributed by atoms with Crippen LogP contribution in [0.25, 0.3) is 21.3 Å². The Kier molecular flexibility index (Phi) is 5.12. The molecule has 0 saturated heterocycles. The highest BCUT2D eigenvalue weighted by Crippen LogP contribution is 2.34. The highest BCUT2D eigenvalue weighted by molar-refractivity contribution is 7.22. The van der Waals surface area contributed by atoms with E-state index >= 15 is 0 Å². The molecule has 2 N–H and O–H groups in total. The van der Waals surface area contributed by atoms with Crippen LogP contribution in [0, 0.1) is 0 Å². The Balaban J connectivity index is 1.57. The van der Waals surface area contributed by atoms with Crippen LogP contribution in [-0.2, 0) is 17.5 Å². The highest BCUT2D eigenvalue weighted by Gasteiger charge is 2.31. The molecule has 1 aromatic carbocycles. The fourth-order valence-corrected chi connectivity index (χ4v) is 3.70. The molecule has 3 aromatic heterocycles. The highest BCUT2D eigenvalue weighted by atomic mass is 32.1. The van der Waals surface area contributed by atoms with Gasteiger partial charge in [0.15, 0.2) is 5.13 Å². The number of likely N-dealkylation sites (N-methyl/N-ethyl adjacent to an activating group) is 1. The summed E-state index contributed by atoms with van der Waals surface area (Å²) in [5.41, 5.74) is 1.59. The quantitative estimate of drug-likeness (QED) is 0.497. The van der Waals surface area contributed by atoms with Crippen molar-refractivity contribution in [2.75, 3.05) is 12.4 Å². The zero-order chi connectivity index (χ0) is 21.3. The third kappa shape index (κ3) is 4.25. The normalized spacial score (nSPS) is 11.6. The van der Waals surface area contributed by atoms with Crippen molar-refractivity contribution in [3.63, 3.8) is 0 Å². The third-order valence-electron chi connectivity index (χ3n) is 4.26. The second kappa shape index (κ2) is 7.75. The van der Waals surface area contributed by atoms with Crippen molar-refractivity contribution < 1.29 is 18.0 Å². The van der Waals surface area contributed by atoms with Crippen LogP contribution in [-0.4, -0.2) is 32.7 Å². The predicted molar refractivity (Wildman–Crippen MR) is 107 cm³/mol. The minimum atomic E-state index is -4.45. The number of rotatable bonds is 5. The van der Waals surface area contributed by atoms with Gasteiger partial charge in [0.05, 0.1) is 27.7 Å². The van der Waals surface area contributed by atoms with Crippen LogP contribution >= 0.6 is 11.3 Å². The summed E-state index contributed by atoms with van der Waals surface area (Å²) in [6, 6.07) is 6.32. The average molecular weight is 432 g/mol. The summed E-state index contributed by atoms with van der Waals surface area (Å²) in [6.45, 7) is 0.104. The minimum absolute atomic E-state index is 0.104. The van der Waals surface area contributed by atoms with Gasteiger partial charge in [0.1, 0.15) is 6.54 Å². The molecule has 0 aliphatic carbocycles. The molecule has 0 atom stereocenters. The van der Waals surface area contributed by atoms with Crippen LogP contribution in [0.4, 0.5) is 24.0 Å². The van der Waals surface area contributed by atoms with Crippen molar-refractivity contribution in [1.29, 1.82) is 0 Å². The summed E-state index contributed by atoms with van der Waals surface area (Å²) in [4.78, 5) is 19.6. The van der Waals surface area contributed by atoms with Gasteiger partial charge in [0, 0.05) is 31.2 Å². The number of benzene rings is 1. The number of halogens is 3. The molecular formula is C19H15F3N6OS. The lowest BCUT2D eigenvalue weighted by Crippen LogP contribution is -2.23. The molecule has 0 aliphatic rings. The van der Waals surface area contributed by atoms with E-state index in [0.717, 1.165) is 17.0 Å². The number of carbonyl (C=O) groups is 1. The molecule has 0 bridgehead atoms. The van der Waals surface area contributed by atoms with E-state index in [2.05, 4.69) is 25.7 Å². The molecule has 0 saturated carbocycles. The maximum atomic E-state index is 13.0. The van der Waals surface area contributed by atoms with E-state index in [1.807, 2.05) is 0 Å². The largest absolute Gasteiger partial charge is 0.417 e. The Morgan fingerprint density at radius 3 is 2.77 bits per heavy atom. The van der Waals surface area contributed by atoms with E-state index in [-0.39, 0.29) is 12.5 Å². The number of alkyl halides is 3. The molecule has 0 unspecified atom stereocenters. The van der Waals surface area contributed by atoms with Gasteiger partial charge in [0.25, 0.3) is 0 Å². The van der Waals surface area contributed by atoms with Crippen molar-refractivity contribution in [1.82, 2.24) is 25.1 Å². The molecule has 7 nitrogen and oxygen atoms in total. The maximum absolute atomic E-state index is 13.0. The van der Waals surface area contributed by atoms with E-state index in [1.165, 1.54) is 22.2 Å². The van der Waals surface area contributed by atoms with E-state index in [4.69, 9.17) is 0 Å². The van der Waals surface area contributed by atoms with Gasteiger partial charge in [-0.3, -0.25) is 14.5 Å². The predicted octanol–water partition coefficient (Wildman–Crippen LogP) is 4.06. The molecule has 11 heteroatoms. The molecule has 4 aromatic rings. The monoisotopic (exact) mass is 432 g/mol. The molecule has 3 heterocycles. The van der Waals surface area contributed by atoms with Crippen molar-refractivity contribution in [3.05, 3.63) is 54.6 Å². The Morgan fingerprint density at radius 1 is 1.17 bits per heavy atom. The van der Waals surface area contributed by atoms with Gasteiger partial charge in [0.2, 0.25) is 5.91 Å². The van der Waals surface area contributed by atoms with Crippen molar-refractivity contribution >= 4 is 38.3 Å². The molecule has 0 spiro atoms. The number of hydrogen-bond donors (Lipinski definition) is 2. The lowest BCUT2D eigenvalue weighted by molar-refractivity contribution is -0.137. The smallest absolute Gasteiger partial charge is 0.358 e. The third-order valence-corrected chi connectivity index (χ3v) is 5.19. The average Bonchev–Trinajstić information content (AvgIpc) is 3.32. The number of anilines is 2. The summed E-state index contributed by atoms with van der Waals surface area (Å²) in [5, 5.41) is 10.4. The summed E-state index contributed by atoms with van der Waals surface area (Å²) in [7, 11) is 1.55. The second-order valence-corrected chi connectivity index (χ2v) is 7.42. The topological polar surface area (TPSA) is 84.7 Å². The summed E-state index contributed by atoms with van der Waals surface area (Å²) < 4.78 is 41.2. The fourth-order valence-electron chi connectivity index (χ4n) is 2.77. The number of amides is 1. The second-order valence-electron chi connectivity index (χ2n) is 6.39. The van der Waals surface area contributed by atoms with Gasteiger partial charge in [-0.1, -0.05) is 17.4 Å². The zero-order valence-corrected chi connectivity index (χ0v) is 16.4. The number of pyridine rings is 1. The number of nitrogens with zero attached hydrogens (tertiary/aromatic N) is 4. The Morgan fingerprint density at radius 2 is 2.00 bits per heavy atom. The van der Waals surface area contributed by atoms with Gasteiger partial charge in [-0.2, -0.15) is 18.3 Å². The van der Waals surface area contributed by atoms with Crippen molar-refractivity contribution in [2.24, 2.45) is 0 Å². The lowest BCUT2D eigenvalue weighted by Gasteiger charge is -2.08. The minimum Gasteiger partial charge on any atom is -0.358 e. The van der Waals surface area contributed by atoms with Gasteiger partial charge >= 0.3 is 6.18 Å². The van der Waals surface area contributed by atoms with Crippen LogP contribution in [0.15, 0.2) is 49.1 Å². The molecule has 0 radical (unpaired) electrons. The van der Waals surface area contributed by atoms with Crippen LogP contribution in [0.3, 0.4) is 0 Å². The van der Waals surface area contributed by atoms with Gasteiger partial charge < -0.3 is 10.6 Å². The molecule has 0 aliphatic heterocycles. The first-order chi connectivity index (χ1) is 14.3. The number of hydrogen-bond acceptors (Lipinski definition) is 6. The summed E-state index contributed by atoms with van der Waals surface area (Å²) in [5.74, 6) is -0.166. The number of fused-ring (bicyclic) bond motifs is 1. The van der Waals surface area contributed by atoms with Gasteiger partial charge in [-0.15, -0.1) is 0 Å². The Hall–Kier alpha value is -3.47. The molecule has 1 amide bonds. The molecule has 4 rings (SSSR count). The van der Waals surface area contributed by atoms with Crippen LogP contribution in [0.2, 0.25) is 0 Å². The molecule has 0 fully saturated rings. The Labute approximate surface area is 172 Å². The fraction of sp³-hybridized carbons (Fsp3) is 0.158. The first-order valence-electron chi connectivity index (χ1n) is 8.75. The molecule has 154 valence electrons. The van der Waals surface area contributed by atoms with Crippen molar-refractivity contribution in [2.45, 2.75) is 12.7 Å². The number of carbonyl (C=O) groups excluding carboxylic acids is 1. The van der Waals surface area contributed by atoms with E-state index < -0.39 is 11.7 Å². The van der Waals surface area contributed by atoms with Gasteiger partial charge in [-0.25, -0.2) is 4.98 Å². The summed E-state index contributed by atoms with van der Waals surface area (Å²) >= 11 is 1.36. The molecule has 30 heavy (non-hydrogen) atoms. The van der Waals surface area contributed by atoms with E-state index in [1.54, 1.807) is 37.6 Å². The maximum Gasteiger partial charge on any atom is 0.417 e. The van der Waals surface area contributed by atoms with Crippen LogP contribution < -0.4 is 10.6 Å². The zero-order valence-electron chi connectivity index (χ0n) is 15.6. The number of thiazole rings is 1. The van der Waals surface area contributed by atoms with Crippen LogP contribution in [0.1, 0.15) is 5.56 Å². The summed E-state index contributed by atoms with van der Waals surface area (Å²) in [6.07, 6.45) is 1.02. The molecular weight excluding hydrogens is 417 g/mol. The van der Waals surface area contributed by atoms with Crippen LogP contribution in [0.5, 0.6) is 0 Å². The SMILES string of the molecule is CNC(=O)Cn1cc(Nc2nc3ccc(-c4cncc(C(F)(F)F)c4)cc3s2)cn1. The van der Waals surface area contributed by atoms with E-state index in [0.29, 0.717) is 27.5 Å². The standard InChI is InChI=1S/C19H15F3N6OS/c1-23-17(29)10-28-9-14(8-25-28)26-18-27-15-3-2-11(5-16(15)30-18)12-4-13(7-24-6-12)19(20,21)22/h2-9H,10H2,1H3,(H,23,29)(H,26,27). The number of nitrogens with one attached hydrogen (secondary N) is 2. The lowest BCUT2D eigenvalue weighted by atomic mass is 10.1. The van der Waals surface area contributed by atoms with E-state index in [9.17, 15) is 18.0 Å². The first kappa shape index (κ1) is 19.8.